The van der Waals surface area contributed by atoms with Crippen LogP contribution < -0.4 is 4.90 Å². The number of carbonyl (C=O) groups is 2. The lowest BCUT2D eigenvalue weighted by Crippen LogP contribution is -2.43. The summed E-state index contributed by atoms with van der Waals surface area (Å²) >= 11 is 0. The van der Waals surface area contributed by atoms with Crippen LogP contribution in [0.4, 0.5) is 5.82 Å². The number of aromatic carboxylic acids is 1. The van der Waals surface area contributed by atoms with Crippen molar-refractivity contribution in [2.45, 2.75) is 13.3 Å². The van der Waals surface area contributed by atoms with Crippen LogP contribution in [-0.2, 0) is 4.79 Å². The lowest BCUT2D eigenvalue weighted by atomic mass is 9.90. The van der Waals surface area contributed by atoms with Crippen molar-refractivity contribution in [2.75, 3.05) is 18.0 Å². The largest absolute Gasteiger partial charge is 0.481 e. The minimum Gasteiger partial charge on any atom is -0.481 e. The van der Waals surface area contributed by atoms with Gasteiger partial charge in [-0.05, 0) is 24.5 Å². The van der Waals surface area contributed by atoms with Gasteiger partial charge >= 0.3 is 11.9 Å². The van der Waals surface area contributed by atoms with E-state index in [1.54, 1.807) is 12.1 Å². The predicted octanol–water partition coefficient (Wildman–Crippen LogP) is 1.33. The highest BCUT2D eigenvalue weighted by molar-refractivity contribution is 5.85. The highest BCUT2D eigenvalue weighted by Crippen LogP contribution is 2.25. The van der Waals surface area contributed by atoms with Crippen molar-refractivity contribution in [3.8, 4) is 0 Å². The van der Waals surface area contributed by atoms with Crippen LogP contribution in [0.5, 0.6) is 0 Å². The number of pyridine rings is 1. The van der Waals surface area contributed by atoms with Crippen LogP contribution in [0.15, 0.2) is 18.2 Å². The maximum atomic E-state index is 11.1. The fourth-order valence-electron chi connectivity index (χ4n) is 2.44. The Hall–Kier alpha value is -2.11. The number of carboxylic acid groups (broad SMARTS) is 2. The second kappa shape index (κ2) is 5.26. The highest BCUT2D eigenvalue weighted by Gasteiger charge is 2.30. The molecule has 2 atom stereocenters. The summed E-state index contributed by atoms with van der Waals surface area (Å²) in [7, 11) is 0. The quantitative estimate of drug-likeness (QED) is 0.855. The molecule has 0 spiro atoms. The van der Waals surface area contributed by atoms with Gasteiger partial charge in [0.2, 0.25) is 0 Å². The third kappa shape index (κ3) is 3.01. The van der Waals surface area contributed by atoms with Gasteiger partial charge in [-0.15, -0.1) is 0 Å². The summed E-state index contributed by atoms with van der Waals surface area (Å²) in [6, 6.07) is 4.76. The van der Waals surface area contributed by atoms with E-state index in [9.17, 15) is 9.59 Å². The Labute approximate surface area is 110 Å². The van der Waals surface area contributed by atoms with Gasteiger partial charge in [0.25, 0.3) is 0 Å². The first-order valence-corrected chi connectivity index (χ1v) is 6.15. The van der Waals surface area contributed by atoms with Gasteiger partial charge in [-0.25, -0.2) is 9.78 Å². The van der Waals surface area contributed by atoms with Crippen LogP contribution in [0.1, 0.15) is 23.8 Å². The Kier molecular flexibility index (Phi) is 3.69. The molecule has 0 amide bonds. The maximum absolute atomic E-state index is 11.1. The smallest absolute Gasteiger partial charge is 0.354 e. The van der Waals surface area contributed by atoms with Gasteiger partial charge in [0.15, 0.2) is 5.69 Å². The molecule has 0 bridgehead atoms. The van der Waals surface area contributed by atoms with Crippen LogP contribution in [0.25, 0.3) is 0 Å². The third-order valence-corrected chi connectivity index (χ3v) is 3.29. The van der Waals surface area contributed by atoms with Crippen molar-refractivity contribution >= 4 is 17.8 Å². The lowest BCUT2D eigenvalue weighted by Gasteiger charge is -2.35. The zero-order valence-corrected chi connectivity index (χ0v) is 10.6. The molecule has 1 aliphatic rings. The SMILES string of the molecule is CC1CC(C(=O)O)CN(c2cccc(C(=O)O)n2)C1. The number of anilines is 1. The van der Waals surface area contributed by atoms with E-state index >= 15 is 0 Å². The molecule has 0 radical (unpaired) electrons. The summed E-state index contributed by atoms with van der Waals surface area (Å²) in [6.07, 6.45) is 0.643. The zero-order chi connectivity index (χ0) is 14.0. The highest BCUT2D eigenvalue weighted by atomic mass is 16.4. The minimum absolute atomic E-state index is 0.0254. The second-order valence-corrected chi connectivity index (χ2v) is 4.97. The molecule has 19 heavy (non-hydrogen) atoms. The summed E-state index contributed by atoms with van der Waals surface area (Å²) < 4.78 is 0. The van der Waals surface area contributed by atoms with Gasteiger partial charge in [-0.2, -0.15) is 0 Å². The minimum atomic E-state index is -1.08. The molecule has 0 aromatic carbocycles. The average Bonchev–Trinajstić information content (AvgIpc) is 2.38. The summed E-state index contributed by atoms with van der Waals surface area (Å²) in [5.74, 6) is -1.56. The molecule has 2 N–H and O–H groups in total. The summed E-state index contributed by atoms with van der Waals surface area (Å²) in [5.41, 5.74) is -0.0254. The Bertz CT molecular complexity index is 503. The number of aromatic nitrogens is 1. The van der Waals surface area contributed by atoms with E-state index in [0.29, 0.717) is 25.3 Å². The van der Waals surface area contributed by atoms with E-state index in [4.69, 9.17) is 10.2 Å². The van der Waals surface area contributed by atoms with E-state index in [-0.39, 0.29) is 11.6 Å². The number of hydrogen-bond donors (Lipinski definition) is 2. The average molecular weight is 264 g/mol. The van der Waals surface area contributed by atoms with Gasteiger partial charge in [0.05, 0.1) is 5.92 Å². The number of piperidine rings is 1. The molecular formula is C13H16N2O4. The fourth-order valence-corrected chi connectivity index (χ4v) is 2.44. The normalized spacial score (nSPS) is 23.1. The topological polar surface area (TPSA) is 90.7 Å². The molecule has 2 rings (SSSR count). The van der Waals surface area contributed by atoms with Crippen LogP contribution in [-0.4, -0.2) is 40.2 Å². The van der Waals surface area contributed by atoms with Crippen molar-refractivity contribution in [3.05, 3.63) is 23.9 Å². The molecule has 0 aliphatic carbocycles. The number of carboxylic acids is 2. The van der Waals surface area contributed by atoms with Crippen LogP contribution >= 0.6 is 0 Å². The summed E-state index contributed by atoms with van der Waals surface area (Å²) in [6.45, 7) is 3.05. The molecule has 6 nitrogen and oxygen atoms in total. The van der Waals surface area contributed by atoms with Crippen molar-refractivity contribution in [3.63, 3.8) is 0 Å². The molecule has 2 unspecified atom stereocenters. The lowest BCUT2D eigenvalue weighted by molar-refractivity contribution is -0.142. The molecule has 2 heterocycles. The number of nitrogens with zero attached hydrogens (tertiary/aromatic N) is 2. The monoisotopic (exact) mass is 264 g/mol. The molecule has 1 fully saturated rings. The van der Waals surface area contributed by atoms with E-state index in [0.717, 1.165) is 0 Å². The van der Waals surface area contributed by atoms with Gasteiger partial charge in [-0.1, -0.05) is 13.0 Å². The van der Waals surface area contributed by atoms with Crippen LogP contribution in [0.3, 0.4) is 0 Å². The number of aliphatic carboxylic acids is 1. The number of hydrogen-bond acceptors (Lipinski definition) is 4. The summed E-state index contributed by atoms with van der Waals surface area (Å²) in [5, 5.41) is 18.0. The third-order valence-electron chi connectivity index (χ3n) is 3.29. The standard InChI is InChI=1S/C13H16N2O4/c1-8-5-9(12(16)17)7-15(6-8)11-4-2-3-10(14-11)13(18)19/h2-4,8-9H,5-7H2,1H3,(H,16,17)(H,18,19). The van der Waals surface area contributed by atoms with Crippen LogP contribution in [0, 0.1) is 11.8 Å². The van der Waals surface area contributed by atoms with Gasteiger partial charge in [-0.3, -0.25) is 4.79 Å². The van der Waals surface area contributed by atoms with Crippen molar-refractivity contribution in [2.24, 2.45) is 11.8 Å². The fraction of sp³-hybridized carbons (Fsp3) is 0.462. The molecule has 1 aliphatic heterocycles. The first-order valence-electron chi connectivity index (χ1n) is 6.15. The van der Waals surface area contributed by atoms with E-state index in [1.807, 2.05) is 11.8 Å². The Balaban J connectivity index is 2.22. The molecule has 1 aromatic rings. The maximum Gasteiger partial charge on any atom is 0.354 e. The molecular weight excluding hydrogens is 248 g/mol. The van der Waals surface area contributed by atoms with Gasteiger partial charge in [0, 0.05) is 13.1 Å². The Morgan fingerprint density at radius 3 is 2.68 bits per heavy atom. The molecule has 6 heteroatoms. The van der Waals surface area contributed by atoms with Crippen molar-refractivity contribution in [1.82, 2.24) is 4.98 Å². The molecule has 1 aromatic heterocycles. The summed E-state index contributed by atoms with van der Waals surface area (Å²) in [4.78, 5) is 27.9. The zero-order valence-electron chi connectivity index (χ0n) is 10.6. The Morgan fingerprint density at radius 2 is 2.05 bits per heavy atom. The molecule has 1 saturated heterocycles. The van der Waals surface area contributed by atoms with Crippen LogP contribution in [0.2, 0.25) is 0 Å². The van der Waals surface area contributed by atoms with E-state index in [2.05, 4.69) is 4.98 Å². The van der Waals surface area contributed by atoms with Crippen molar-refractivity contribution < 1.29 is 19.8 Å². The first-order chi connectivity index (χ1) is 8.97. The van der Waals surface area contributed by atoms with E-state index in [1.165, 1.54) is 6.07 Å². The second-order valence-electron chi connectivity index (χ2n) is 4.97. The Morgan fingerprint density at radius 1 is 1.32 bits per heavy atom. The predicted molar refractivity (Wildman–Crippen MR) is 68.3 cm³/mol. The molecule has 102 valence electrons. The number of rotatable bonds is 3. The van der Waals surface area contributed by atoms with Gasteiger partial charge in [0.1, 0.15) is 5.82 Å². The molecule has 0 saturated carbocycles. The van der Waals surface area contributed by atoms with Gasteiger partial charge < -0.3 is 15.1 Å². The van der Waals surface area contributed by atoms with Crippen molar-refractivity contribution in [1.29, 1.82) is 0 Å². The first kappa shape index (κ1) is 13.3. The van der Waals surface area contributed by atoms with E-state index < -0.39 is 17.9 Å².